The molecule has 0 aliphatic rings. The van der Waals surface area contributed by atoms with Crippen LogP contribution in [0.2, 0.25) is 0 Å². The van der Waals surface area contributed by atoms with Crippen LogP contribution in [0.15, 0.2) is 16.9 Å². The molecule has 0 amide bonds. The molecule has 0 aliphatic heterocycles. The maximum absolute atomic E-state index is 9.79. The zero-order chi connectivity index (χ0) is 4.41. The summed E-state index contributed by atoms with van der Waals surface area (Å²) in [5, 5.41) is 9.79. The average molecular weight is 84.1 g/mol. The molecule has 3 heteroatoms. The molecule has 6 heavy (non-hydrogen) atoms. The van der Waals surface area contributed by atoms with Gasteiger partial charge in [-0.2, -0.15) is 4.98 Å². The zero-order valence-electron chi connectivity index (χ0n) is 2.92. The predicted octanol–water partition coefficient (Wildman–Crippen LogP) is 0.818. The van der Waals surface area contributed by atoms with E-state index in [0.29, 0.717) is 0 Å². The van der Waals surface area contributed by atoms with Crippen LogP contribution >= 0.6 is 0 Å². The standard InChI is InChI=1S/C3H2NO2/c5-3-4-1-2-6-3/h1-2H. The topological polar surface area (TPSA) is 45.9 Å². The average Bonchev–Trinajstić information content (AvgIpc) is 1.86. The Bertz CT molecular complexity index is 112. The molecule has 0 unspecified atom stereocenters. The fourth-order valence-electron chi connectivity index (χ4n) is 0.210. The Kier molecular flexibility index (Phi) is 0.538. The first-order valence-corrected chi connectivity index (χ1v) is 1.46. The van der Waals surface area contributed by atoms with Crippen molar-refractivity contribution >= 4 is 0 Å². The second-order valence-electron chi connectivity index (χ2n) is 0.798. The summed E-state index contributed by atoms with van der Waals surface area (Å²) < 4.78 is 4.17. The van der Waals surface area contributed by atoms with E-state index in [4.69, 9.17) is 0 Å². The molecule has 31 valence electrons. The second-order valence-corrected chi connectivity index (χ2v) is 0.798. The van der Waals surface area contributed by atoms with Gasteiger partial charge in [0.05, 0.1) is 6.20 Å². The lowest BCUT2D eigenvalue weighted by molar-refractivity contribution is 0.237. The van der Waals surface area contributed by atoms with E-state index < -0.39 is 6.08 Å². The van der Waals surface area contributed by atoms with Crippen molar-refractivity contribution in [3.8, 4) is 6.08 Å². The van der Waals surface area contributed by atoms with Gasteiger partial charge in [-0.05, 0) is 0 Å². The Morgan fingerprint density at radius 3 is 2.83 bits per heavy atom. The quantitative estimate of drug-likeness (QED) is 0.467. The Labute approximate surface area is 34.2 Å². The summed E-state index contributed by atoms with van der Waals surface area (Å²) in [4.78, 5) is 3.19. The van der Waals surface area contributed by atoms with Gasteiger partial charge >= 0.3 is 6.08 Å². The van der Waals surface area contributed by atoms with Gasteiger partial charge in [-0.1, -0.05) is 0 Å². The van der Waals surface area contributed by atoms with Crippen LogP contribution in [-0.2, 0) is 5.11 Å². The molecule has 0 atom stereocenters. The first kappa shape index (κ1) is 3.21. The minimum absolute atomic E-state index is 0.532. The lowest BCUT2D eigenvalue weighted by Gasteiger charge is -1.60. The minimum atomic E-state index is -0.532. The lowest BCUT2D eigenvalue weighted by Crippen LogP contribution is -1.48. The number of nitrogens with zero attached hydrogens (tertiary/aromatic N) is 1. The SMILES string of the molecule is [O]c1ncco1. The molecular formula is C3H2NO2. The monoisotopic (exact) mass is 84.0 g/mol. The maximum Gasteiger partial charge on any atom is 0.438 e. The van der Waals surface area contributed by atoms with Gasteiger partial charge in [-0.25, -0.2) is 5.11 Å². The van der Waals surface area contributed by atoms with Crippen LogP contribution in [0.4, 0.5) is 0 Å². The fourth-order valence-corrected chi connectivity index (χ4v) is 0.210. The molecule has 1 heterocycles. The molecule has 0 aromatic carbocycles. The molecule has 0 bridgehead atoms. The van der Waals surface area contributed by atoms with Crippen molar-refractivity contribution in [3.63, 3.8) is 0 Å². The van der Waals surface area contributed by atoms with Crippen molar-refractivity contribution in [2.45, 2.75) is 0 Å². The van der Waals surface area contributed by atoms with Crippen molar-refractivity contribution in [3.05, 3.63) is 12.5 Å². The summed E-state index contributed by atoms with van der Waals surface area (Å²) >= 11 is 0. The van der Waals surface area contributed by atoms with Crippen LogP contribution in [0.5, 0.6) is 6.08 Å². The van der Waals surface area contributed by atoms with Gasteiger partial charge in [-0.15, -0.1) is 0 Å². The van der Waals surface area contributed by atoms with Gasteiger partial charge < -0.3 is 4.42 Å². The van der Waals surface area contributed by atoms with Crippen LogP contribution < -0.4 is 0 Å². The van der Waals surface area contributed by atoms with E-state index in [1.165, 1.54) is 12.5 Å². The molecule has 0 saturated carbocycles. The van der Waals surface area contributed by atoms with Crippen LogP contribution in [0, 0.1) is 0 Å². The van der Waals surface area contributed by atoms with Crippen molar-refractivity contribution in [2.24, 2.45) is 0 Å². The third-order valence-electron chi connectivity index (χ3n) is 0.410. The van der Waals surface area contributed by atoms with Crippen LogP contribution in [-0.4, -0.2) is 4.98 Å². The van der Waals surface area contributed by atoms with Crippen LogP contribution in [0.3, 0.4) is 0 Å². The fraction of sp³-hybridized carbons (Fsp3) is 0. The van der Waals surface area contributed by atoms with Crippen molar-refractivity contribution < 1.29 is 9.52 Å². The molecule has 1 rings (SSSR count). The van der Waals surface area contributed by atoms with Crippen molar-refractivity contribution in [1.29, 1.82) is 0 Å². The van der Waals surface area contributed by atoms with E-state index in [9.17, 15) is 5.11 Å². The molecule has 0 aliphatic carbocycles. The van der Waals surface area contributed by atoms with Crippen molar-refractivity contribution in [1.82, 2.24) is 4.98 Å². The maximum atomic E-state index is 9.79. The van der Waals surface area contributed by atoms with E-state index in [2.05, 4.69) is 9.40 Å². The molecule has 0 saturated heterocycles. The van der Waals surface area contributed by atoms with Gasteiger partial charge in [0.15, 0.2) is 0 Å². The highest BCUT2D eigenvalue weighted by atomic mass is 16.5. The van der Waals surface area contributed by atoms with E-state index in [1.807, 2.05) is 0 Å². The van der Waals surface area contributed by atoms with E-state index >= 15 is 0 Å². The molecule has 1 aromatic rings. The largest absolute Gasteiger partial charge is 0.438 e. The Hall–Kier alpha value is -0.990. The molecular weight excluding hydrogens is 82.0 g/mol. The van der Waals surface area contributed by atoms with E-state index in [0.717, 1.165) is 0 Å². The van der Waals surface area contributed by atoms with Gasteiger partial charge in [0.2, 0.25) is 0 Å². The number of hydrogen-bond acceptors (Lipinski definition) is 2. The summed E-state index contributed by atoms with van der Waals surface area (Å²) in [7, 11) is 0. The second kappa shape index (κ2) is 1.01. The smallest absolute Gasteiger partial charge is 0.415 e. The highest BCUT2D eigenvalue weighted by Crippen LogP contribution is 1.99. The number of rotatable bonds is 0. The third kappa shape index (κ3) is 0.337. The molecule has 1 radical (unpaired) electrons. The Morgan fingerprint density at radius 1 is 1.83 bits per heavy atom. The van der Waals surface area contributed by atoms with Gasteiger partial charge in [0, 0.05) is 0 Å². The molecule has 1 aromatic heterocycles. The van der Waals surface area contributed by atoms with E-state index in [-0.39, 0.29) is 0 Å². The lowest BCUT2D eigenvalue weighted by atomic mass is 11.0. The van der Waals surface area contributed by atoms with Gasteiger partial charge in [0.25, 0.3) is 0 Å². The van der Waals surface area contributed by atoms with Crippen molar-refractivity contribution in [2.75, 3.05) is 0 Å². The predicted molar refractivity (Wildman–Crippen MR) is 16.6 cm³/mol. The summed E-state index contributed by atoms with van der Waals surface area (Å²) in [6, 6.07) is 0. The van der Waals surface area contributed by atoms with Crippen LogP contribution in [0.25, 0.3) is 0 Å². The zero-order valence-corrected chi connectivity index (χ0v) is 2.92. The third-order valence-corrected chi connectivity index (χ3v) is 0.410. The molecule has 0 spiro atoms. The number of oxazole rings is 1. The van der Waals surface area contributed by atoms with E-state index in [1.54, 1.807) is 0 Å². The Balaban J connectivity index is 3.05. The first-order valence-electron chi connectivity index (χ1n) is 1.46. The first-order chi connectivity index (χ1) is 2.89. The summed E-state index contributed by atoms with van der Waals surface area (Å²) in [5.74, 6) is 0. The molecule has 3 nitrogen and oxygen atoms in total. The minimum Gasteiger partial charge on any atom is -0.415 e. The molecule has 0 fully saturated rings. The van der Waals surface area contributed by atoms with Crippen LogP contribution in [0.1, 0.15) is 0 Å². The summed E-state index contributed by atoms with van der Waals surface area (Å²) in [6.07, 6.45) is 2.01. The van der Waals surface area contributed by atoms with Gasteiger partial charge in [0.1, 0.15) is 6.26 Å². The number of aromatic nitrogens is 1. The highest BCUT2D eigenvalue weighted by Gasteiger charge is 1.85. The summed E-state index contributed by atoms with van der Waals surface area (Å²) in [5.41, 5.74) is 0. The normalized spacial score (nSPS) is 8.67. The number of hydrogen-bond donors (Lipinski definition) is 0. The van der Waals surface area contributed by atoms with Gasteiger partial charge in [-0.3, -0.25) is 0 Å². The highest BCUT2D eigenvalue weighted by molar-refractivity contribution is 4.78. The molecule has 0 N–H and O–H groups in total. The summed E-state index contributed by atoms with van der Waals surface area (Å²) in [6.45, 7) is 0. The Morgan fingerprint density at radius 2 is 2.67 bits per heavy atom.